The molecule has 0 aliphatic rings. The van der Waals surface area contributed by atoms with Crippen LogP contribution in [0.1, 0.15) is 13.8 Å². The Hall–Kier alpha value is -2.45. The van der Waals surface area contributed by atoms with E-state index in [4.69, 9.17) is 4.74 Å². The molecule has 0 atom stereocenters. The lowest BCUT2D eigenvalue weighted by Crippen LogP contribution is -2.25. The first-order chi connectivity index (χ1) is 13.2. The van der Waals surface area contributed by atoms with E-state index in [1.54, 1.807) is 30.5 Å². The molecular formula is C20H19BrN2O4S. The molecule has 2 aromatic carbocycles. The summed E-state index contributed by atoms with van der Waals surface area (Å²) < 4.78 is 31.3. The molecule has 0 aliphatic carbocycles. The first-order valence-electron chi connectivity index (χ1n) is 8.52. The van der Waals surface area contributed by atoms with Gasteiger partial charge < -0.3 is 4.74 Å². The number of ether oxygens (including phenoxy) is 1. The summed E-state index contributed by atoms with van der Waals surface area (Å²) in [5.74, 6) is 0.164. The van der Waals surface area contributed by atoms with Gasteiger partial charge in [-0.3, -0.25) is 4.79 Å². The highest BCUT2D eigenvalue weighted by atomic mass is 79.9. The van der Waals surface area contributed by atoms with Gasteiger partial charge in [0.2, 0.25) is 0 Å². The number of sulfone groups is 1. The third-order valence-corrected chi connectivity index (χ3v) is 5.56. The van der Waals surface area contributed by atoms with Gasteiger partial charge in [-0.05, 0) is 49.7 Å². The lowest BCUT2D eigenvalue weighted by Gasteiger charge is -2.15. The molecule has 0 bridgehead atoms. The van der Waals surface area contributed by atoms with Crippen molar-refractivity contribution >= 4 is 25.8 Å². The number of hydrogen-bond donors (Lipinski definition) is 0. The van der Waals surface area contributed by atoms with Crippen LogP contribution in [0.3, 0.4) is 0 Å². The lowest BCUT2D eigenvalue weighted by molar-refractivity contribution is 0.238. The molecule has 0 radical (unpaired) electrons. The van der Waals surface area contributed by atoms with Crippen LogP contribution >= 0.6 is 15.9 Å². The summed E-state index contributed by atoms with van der Waals surface area (Å²) in [5.41, 5.74) is 1.36. The highest BCUT2D eigenvalue weighted by molar-refractivity contribution is 9.10. The van der Waals surface area contributed by atoms with Gasteiger partial charge in [-0.25, -0.2) is 8.42 Å². The van der Waals surface area contributed by atoms with Crippen LogP contribution in [-0.2, 0) is 9.84 Å². The van der Waals surface area contributed by atoms with E-state index in [-0.39, 0.29) is 16.7 Å². The van der Waals surface area contributed by atoms with Crippen molar-refractivity contribution in [2.75, 3.05) is 6.26 Å². The van der Waals surface area contributed by atoms with Gasteiger partial charge in [-0.2, -0.15) is 9.78 Å². The van der Waals surface area contributed by atoms with Crippen molar-refractivity contribution in [3.63, 3.8) is 0 Å². The van der Waals surface area contributed by atoms with Crippen LogP contribution in [-0.4, -0.2) is 30.6 Å². The lowest BCUT2D eigenvalue weighted by atomic mass is 10.1. The van der Waals surface area contributed by atoms with E-state index in [0.29, 0.717) is 16.8 Å². The molecule has 0 amide bonds. The molecule has 0 aliphatic heterocycles. The molecule has 6 nitrogen and oxygen atoms in total. The van der Waals surface area contributed by atoms with Crippen molar-refractivity contribution < 1.29 is 13.2 Å². The van der Waals surface area contributed by atoms with Crippen molar-refractivity contribution in [1.82, 2.24) is 9.78 Å². The first kappa shape index (κ1) is 20.3. The van der Waals surface area contributed by atoms with Gasteiger partial charge in [0, 0.05) is 16.3 Å². The average Bonchev–Trinajstić information content (AvgIpc) is 2.62. The molecule has 3 aromatic rings. The zero-order chi connectivity index (χ0) is 20.5. The first-order valence-corrected chi connectivity index (χ1v) is 11.2. The maximum Gasteiger partial charge on any atom is 0.314 e. The third kappa shape index (κ3) is 4.34. The van der Waals surface area contributed by atoms with E-state index in [2.05, 4.69) is 21.0 Å². The second kappa shape index (κ2) is 7.89. The molecule has 3 rings (SSSR count). The summed E-state index contributed by atoms with van der Waals surface area (Å²) >= 11 is 3.39. The Balaban J connectivity index is 2.16. The Morgan fingerprint density at radius 1 is 1.11 bits per heavy atom. The molecule has 0 N–H and O–H groups in total. The summed E-state index contributed by atoms with van der Waals surface area (Å²) in [6.07, 6.45) is 2.48. The van der Waals surface area contributed by atoms with Crippen LogP contribution in [0.4, 0.5) is 0 Å². The van der Waals surface area contributed by atoms with E-state index >= 15 is 0 Å². The monoisotopic (exact) mass is 462 g/mol. The van der Waals surface area contributed by atoms with E-state index in [9.17, 15) is 13.2 Å². The van der Waals surface area contributed by atoms with E-state index in [1.807, 2.05) is 26.0 Å². The van der Waals surface area contributed by atoms with E-state index < -0.39 is 15.4 Å². The Kier molecular flexibility index (Phi) is 5.71. The Morgan fingerprint density at radius 2 is 1.79 bits per heavy atom. The van der Waals surface area contributed by atoms with E-state index in [0.717, 1.165) is 10.7 Å². The van der Waals surface area contributed by atoms with Gasteiger partial charge in [0.1, 0.15) is 0 Å². The average molecular weight is 463 g/mol. The van der Waals surface area contributed by atoms with Crippen LogP contribution in [0.2, 0.25) is 0 Å². The molecule has 1 aromatic heterocycles. The summed E-state index contributed by atoms with van der Waals surface area (Å²) in [6.45, 7) is 3.67. The number of nitrogens with zero attached hydrogens (tertiary/aromatic N) is 2. The van der Waals surface area contributed by atoms with E-state index in [1.165, 1.54) is 16.8 Å². The van der Waals surface area contributed by atoms with Crippen LogP contribution in [0.15, 0.2) is 68.9 Å². The van der Waals surface area contributed by atoms with Crippen LogP contribution in [0, 0.1) is 0 Å². The van der Waals surface area contributed by atoms with Crippen molar-refractivity contribution in [2.45, 2.75) is 24.8 Å². The van der Waals surface area contributed by atoms with Crippen molar-refractivity contribution in [3.05, 3.63) is 69.6 Å². The minimum Gasteiger partial charge on any atom is -0.485 e. The molecule has 1 heterocycles. The fourth-order valence-corrected chi connectivity index (χ4v) is 3.68. The molecule has 0 spiro atoms. The predicted molar refractivity (Wildman–Crippen MR) is 112 cm³/mol. The van der Waals surface area contributed by atoms with Gasteiger partial charge in [0.25, 0.3) is 0 Å². The Morgan fingerprint density at radius 3 is 2.36 bits per heavy atom. The van der Waals surface area contributed by atoms with Crippen molar-refractivity contribution in [1.29, 1.82) is 0 Å². The molecule has 28 heavy (non-hydrogen) atoms. The molecule has 0 saturated heterocycles. The van der Waals surface area contributed by atoms with Crippen LogP contribution in [0.5, 0.6) is 5.75 Å². The largest absolute Gasteiger partial charge is 0.485 e. The normalized spacial score (nSPS) is 11.6. The number of halogens is 1. The minimum atomic E-state index is -3.30. The number of benzene rings is 2. The highest BCUT2D eigenvalue weighted by Gasteiger charge is 2.18. The molecule has 0 saturated carbocycles. The second-order valence-corrected chi connectivity index (χ2v) is 9.48. The van der Waals surface area contributed by atoms with Crippen molar-refractivity contribution in [2.24, 2.45) is 0 Å². The highest BCUT2D eigenvalue weighted by Crippen LogP contribution is 2.28. The minimum absolute atomic E-state index is 0.164. The molecule has 146 valence electrons. The third-order valence-electron chi connectivity index (χ3n) is 3.93. The maximum absolute atomic E-state index is 13.1. The van der Waals surface area contributed by atoms with Gasteiger partial charge in [0.15, 0.2) is 15.6 Å². The SMILES string of the molecule is CC(C)Oc1c(-c2ccc(S(C)(=O)=O)cc2)cnn(-c2cccc(Br)c2)c1=O. The van der Waals surface area contributed by atoms with Crippen LogP contribution in [0.25, 0.3) is 16.8 Å². The summed E-state index contributed by atoms with van der Waals surface area (Å²) in [4.78, 5) is 13.3. The maximum atomic E-state index is 13.1. The summed E-state index contributed by atoms with van der Waals surface area (Å²) in [7, 11) is -3.30. The predicted octanol–water partition coefficient (Wildman–Crippen LogP) is 3.85. The summed E-state index contributed by atoms with van der Waals surface area (Å²) in [6, 6.07) is 13.5. The number of hydrogen-bond acceptors (Lipinski definition) is 5. The van der Waals surface area contributed by atoms with Gasteiger partial charge in [0.05, 0.1) is 22.9 Å². The smallest absolute Gasteiger partial charge is 0.314 e. The Labute approximate surface area is 171 Å². The fraction of sp³-hybridized carbons (Fsp3) is 0.200. The zero-order valence-electron chi connectivity index (χ0n) is 15.6. The Bertz CT molecular complexity index is 1170. The number of rotatable bonds is 5. The molecule has 0 fully saturated rings. The molecular weight excluding hydrogens is 444 g/mol. The molecule has 0 unspecified atom stereocenters. The topological polar surface area (TPSA) is 78.3 Å². The second-order valence-electron chi connectivity index (χ2n) is 6.55. The van der Waals surface area contributed by atoms with Crippen molar-refractivity contribution in [3.8, 4) is 22.6 Å². The van der Waals surface area contributed by atoms with Crippen LogP contribution < -0.4 is 10.3 Å². The number of aromatic nitrogens is 2. The fourth-order valence-electron chi connectivity index (χ4n) is 2.67. The van der Waals surface area contributed by atoms with Gasteiger partial charge in [-0.15, -0.1) is 0 Å². The van der Waals surface area contributed by atoms with Gasteiger partial charge >= 0.3 is 5.56 Å². The molecule has 8 heteroatoms. The zero-order valence-corrected chi connectivity index (χ0v) is 18.0. The quantitative estimate of drug-likeness (QED) is 0.575. The standard InChI is InChI=1S/C20H19BrN2O4S/c1-13(2)27-19-18(14-7-9-17(10-8-14)28(3,25)26)12-22-23(20(19)24)16-6-4-5-15(21)11-16/h4-13H,1-3H3. The van der Waals surface area contributed by atoms with Gasteiger partial charge in [-0.1, -0.05) is 34.1 Å². The summed E-state index contributed by atoms with van der Waals surface area (Å²) in [5, 5.41) is 4.29.